The van der Waals surface area contributed by atoms with Crippen molar-refractivity contribution in [3.63, 3.8) is 0 Å². The lowest BCUT2D eigenvalue weighted by molar-refractivity contribution is -0.138. The number of pyridine rings is 1. The Hall–Kier alpha value is -2.12. The lowest BCUT2D eigenvalue weighted by Crippen LogP contribution is -2.32. The molecule has 2 unspecified atom stereocenters. The van der Waals surface area contributed by atoms with Crippen molar-refractivity contribution in [1.82, 2.24) is 4.98 Å². The van der Waals surface area contributed by atoms with Gasteiger partial charge in [-0.05, 0) is 99.1 Å². The summed E-state index contributed by atoms with van der Waals surface area (Å²) in [6.07, 6.45) is 3.58. The van der Waals surface area contributed by atoms with E-state index in [0.717, 1.165) is 11.1 Å². The topological polar surface area (TPSA) is 74.7 Å². The summed E-state index contributed by atoms with van der Waals surface area (Å²) in [5, 5.41) is 0. The average Bonchev–Trinajstić information content (AvgIpc) is 2.94. The Bertz CT molecular complexity index is 966. The van der Waals surface area contributed by atoms with E-state index in [-0.39, 0.29) is 52.6 Å². The Morgan fingerprint density at radius 3 is 1.78 bits per heavy atom. The molecule has 0 saturated heterocycles. The highest BCUT2D eigenvalue weighted by Gasteiger charge is 2.23. The van der Waals surface area contributed by atoms with Crippen molar-refractivity contribution in [2.45, 2.75) is 181 Å². The van der Waals surface area contributed by atoms with Crippen LogP contribution in [0.3, 0.4) is 0 Å². The number of halogens is 1. The van der Waals surface area contributed by atoms with Crippen molar-refractivity contribution >= 4 is 18.3 Å². The second-order valence-corrected chi connectivity index (χ2v) is 13.8. The van der Waals surface area contributed by atoms with Crippen LogP contribution in [0.15, 0.2) is 11.6 Å². The molecule has 46 heavy (non-hydrogen) atoms. The van der Waals surface area contributed by atoms with Crippen LogP contribution in [-0.2, 0) is 19.0 Å². The highest BCUT2D eigenvalue weighted by molar-refractivity contribution is 5.94. The van der Waals surface area contributed by atoms with Gasteiger partial charge in [0.05, 0.1) is 24.4 Å². The van der Waals surface area contributed by atoms with E-state index in [1.807, 2.05) is 117 Å². The fourth-order valence-corrected chi connectivity index (χ4v) is 3.44. The molecule has 1 rings (SSSR count). The molecule has 0 radical (unpaired) electrons. The zero-order valence-corrected chi connectivity index (χ0v) is 33.7. The summed E-state index contributed by atoms with van der Waals surface area (Å²) < 4.78 is 31.3. The van der Waals surface area contributed by atoms with Crippen molar-refractivity contribution in [2.24, 2.45) is 11.3 Å². The minimum Gasteiger partial charge on any atom is -0.462 e. The number of allylic oxidation sites excluding steroid dienone is 1. The van der Waals surface area contributed by atoms with Crippen LogP contribution >= 0.6 is 0 Å². The quantitative estimate of drug-likeness (QED) is 0.165. The number of hydrogen-bond donors (Lipinski definition) is 0. The van der Waals surface area contributed by atoms with Gasteiger partial charge in [0.2, 0.25) is 0 Å². The van der Waals surface area contributed by atoms with Crippen LogP contribution in [0.2, 0.25) is 0 Å². The number of Topliss-reactive ketones (excluding diaryl/α,β-unsaturated/α-hetero) is 1. The minimum absolute atomic E-state index is 0.0128. The highest BCUT2D eigenvalue weighted by Crippen LogP contribution is 2.28. The number of nitrogens with zero attached hydrogens (tertiary/aromatic N) is 1. The van der Waals surface area contributed by atoms with E-state index >= 15 is 0 Å². The summed E-state index contributed by atoms with van der Waals surface area (Å²) in [4.78, 5) is 26.7. The summed E-state index contributed by atoms with van der Waals surface area (Å²) in [5.41, 5.74) is 1.91. The number of aromatic nitrogens is 1. The van der Waals surface area contributed by atoms with Gasteiger partial charge in [-0.3, -0.25) is 9.59 Å². The van der Waals surface area contributed by atoms with Gasteiger partial charge >= 0.3 is 0 Å². The van der Waals surface area contributed by atoms with Gasteiger partial charge in [0.25, 0.3) is 6.47 Å². The first kappa shape index (κ1) is 50.7. The first-order valence-electron chi connectivity index (χ1n) is 17.4. The van der Waals surface area contributed by atoms with Gasteiger partial charge in [-0.25, -0.2) is 9.37 Å². The Balaban J connectivity index is -0.000000580. The predicted octanol–water partition coefficient (Wildman–Crippen LogP) is 11.6. The maximum absolute atomic E-state index is 14.8. The van der Waals surface area contributed by atoms with Gasteiger partial charge in [0, 0.05) is 18.0 Å². The lowest BCUT2D eigenvalue weighted by atomic mass is 9.86. The summed E-state index contributed by atoms with van der Waals surface area (Å²) in [5.74, 6) is -0.628. The summed E-state index contributed by atoms with van der Waals surface area (Å²) in [6, 6.07) is 1.43. The zero-order chi connectivity index (χ0) is 37.5. The third-order valence-corrected chi connectivity index (χ3v) is 6.18. The van der Waals surface area contributed by atoms with Gasteiger partial charge in [-0.1, -0.05) is 80.9 Å². The molecule has 6 nitrogen and oxygen atoms in total. The molecule has 0 spiro atoms. The molecule has 0 aliphatic heterocycles. The third kappa shape index (κ3) is 26.0. The van der Waals surface area contributed by atoms with E-state index < -0.39 is 5.82 Å². The van der Waals surface area contributed by atoms with Gasteiger partial charge in [0.1, 0.15) is 11.3 Å². The molecule has 0 amide bonds. The fourth-order valence-electron chi connectivity index (χ4n) is 3.44. The number of carbonyl (C=O) groups excluding carboxylic acids is 2. The number of ketones is 1. The molecule has 272 valence electrons. The van der Waals surface area contributed by atoms with Crippen LogP contribution in [0.25, 0.3) is 6.08 Å². The molecule has 2 atom stereocenters. The van der Waals surface area contributed by atoms with E-state index in [9.17, 15) is 14.0 Å². The van der Waals surface area contributed by atoms with E-state index in [2.05, 4.69) is 37.4 Å². The predicted molar refractivity (Wildman–Crippen MR) is 196 cm³/mol. The third-order valence-electron chi connectivity index (χ3n) is 6.18. The van der Waals surface area contributed by atoms with Gasteiger partial charge in [-0.2, -0.15) is 0 Å². The van der Waals surface area contributed by atoms with Crippen LogP contribution in [0.5, 0.6) is 0 Å². The van der Waals surface area contributed by atoms with Crippen molar-refractivity contribution in [1.29, 1.82) is 0 Å². The van der Waals surface area contributed by atoms with Crippen molar-refractivity contribution in [3.05, 3.63) is 34.4 Å². The standard InChI is InChI=1S/C28H46FNO3.C5H10O2.3C2H6/c1-18(2)33-25(19(3)17-32-28(9,10)11)14-12-13-24(31)26-23(29)16-22(21(5)30-26)15-20(4)27(6,7)8;1-5(2,3)7-4-6;3*1-2/h15-16,18-19,25H,12-14,17H2,1-11H3;4H,1-3H3;3*1-2H3/b20-15+;;;;. The molecule has 7 heteroatoms. The van der Waals surface area contributed by atoms with Crippen LogP contribution in [-0.4, -0.2) is 47.3 Å². The maximum Gasteiger partial charge on any atom is 0.293 e. The molecule has 0 aromatic carbocycles. The Kier molecular flexibility index (Phi) is 28.6. The molecular formula is C39H74FNO5. The number of hydrogen-bond acceptors (Lipinski definition) is 6. The Morgan fingerprint density at radius 2 is 1.41 bits per heavy atom. The molecule has 0 saturated carbocycles. The van der Waals surface area contributed by atoms with Crippen molar-refractivity contribution in [2.75, 3.05) is 6.61 Å². The van der Waals surface area contributed by atoms with Gasteiger partial charge in [-0.15, -0.1) is 0 Å². The number of carbonyl (C=O) groups is 2. The molecule has 0 aliphatic carbocycles. The van der Waals surface area contributed by atoms with Crippen LogP contribution < -0.4 is 0 Å². The fraction of sp³-hybridized carbons (Fsp3) is 0.769. The lowest BCUT2D eigenvalue weighted by Gasteiger charge is -2.29. The smallest absolute Gasteiger partial charge is 0.293 e. The zero-order valence-electron chi connectivity index (χ0n) is 33.7. The van der Waals surface area contributed by atoms with E-state index in [0.29, 0.717) is 31.6 Å². The van der Waals surface area contributed by atoms with Gasteiger partial charge in [0.15, 0.2) is 11.6 Å². The summed E-state index contributed by atoms with van der Waals surface area (Å²) in [7, 11) is 0. The number of ether oxygens (including phenoxy) is 3. The molecule has 0 fully saturated rings. The molecule has 1 aromatic rings. The number of aryl methyl sites for hydroxylation is 1. The van der Waals surface area contributed by atoms with Crippen molar-refractivity contribution in [3.8, 4) is 0 Å². The monoisotopic (exact) mass is 656 g/mol. The molecule has 1 aromatic heterocycles. The highest BCUT2D eigenvalue weighted by atomic mass is 19.1. The van der Waals surface area contributed by atoms with Crippen molar-refractivity contribution < 1.29 is 28.2 Å². The minimum atomic E-state index is -0.555. The van der Waals surface area contributed by atoms with E-state index in [1.54, 1.807) is 0 Å². The second-order valence-electron chi connectivity index (χ2n) is 13.8. The molecule has 0 bridgehead atoms. The van der Waals surface area contributed by atoms with E-state index in [4.69, 9.17) is 9.47 Å². The maximum atomic E-state index is 14.8. The molecule has 0 N–H and O–H groups in total. The first-order valence-corrected chi connectivity index (χ1v) is 17.4. The summed E-state index contributed by atoms with van der Waals surface area (Å²) in [6.45, 7) is 40.9. The second kappa shape index (κ2) is 25.9. The van der Waals surface area contributed by atoms with Gasteiger partial charge < -0.3 is 14.2 Å². The molecule has 1 heterocycles. The average molecular weight is 656 g/mol. The molecular weight excluding hydrogens is 581 g/mol. The van der Waals surface area contributed by atoms with E-state index in [1.165, 1.54) is 6.07 Å². The normalized spacial score (nSPS) is 12.9. The summed E-state index contributed by atoms with van der Waals surface area (Å²) >= 11 is 0. The number of rotatable bonds is 12. The largest absolute Gasteiger partial charge is 0.462 e. The Morgan fingerprint density at radius 1 is 0.913 bits per heavy atom. The SMILES string of the molecule is C/C(=C\c1cc(F)c(C(=O)CCCC(OC(C)C)C(C)COC(C)(C)C)nc1C)C(C)(C)C.CC.CC.CC.CC(C)(C)OC=O. The van der Waals surface area contributed by atoms with Crippen LogP contribution in [0.1, 0.15) is 173 Å². The Labute approximate surface area is 284 Å². The molecule has 0 aliphatic rings. The first-order chi connectivity index (χ1) is 21.1. The van der Waals surface area contributed by atoms with Crippen LogP contribution in [0, 0.1) is 24.1 Å². The van der Waals surface area contributed by atoms with Crippen LogP contribution in [0.4, 0.5) is 4.39 Å².